The van der Waals surface area contributed by atoms with E-state index in [0.29, 0.717) is 9.35 Å². The lowest BCUT2D eigenvalue weighted by atomic mass is 10.2. The van der Waals surface area contributed by atoms with Crippen LogP contribution in [0.5, 0.6) is 0 Å². The lowest BCUT2D eigenvalue weighted by molar-refractivity contribution is 0.0848. The first-order valence-electron chi connectivity index (χ1n) is 5.17. The minimum absolute atomic E-state index is 0.230. The van der Waals surface area contributed by atoms with Gasteiger partial charge in [-0.15, -0.1) is 11.3 Å². The molecule has 1 aromatic heterocycles. The van der Waals surface area contributed by atoms with Gasteiger partial charge in [-0.2, -0.15) is 0 Å². The molecule has 2 aromatic rings. The highest BCUT2D eigenvalue weighted by Crippen LogP contribution is 2.17. The fourth-order valence-electron chi connectivity index (χ4n) is 1.32. The Labute approximate surface area is 120 Å². The lowest BCUT2D eigenvalue weighted by Crippen LogP contribution is -2.41. The summed E-state index contributed by atoms with van der Waals surface area (Å²) in [6, 6.07) is 7.04. The average molecular weight is 343 g/mol. The first kappa shape index (κ1) is 13.7. The zero-order chi connectivity index (χ0) is 13.8. The first-order valence-corrected chi connectivity index (χ1v) is 6.84. The molecule has 2 N–H and O–H groups in total. The number of halogens is 2. The van der Waals surface area contributed by atoms with E-state index in [4.69, 9.17) is 0 Å². The molecule has 0 radical (unpaired) electrons. The van der Waals surface area contributed by atoms with E-state index in [1.54, 1.807) is 17.5 Å². The van der Waals surface area contributed by atoms with Crippen LogP contribution in [-0.2, 0) is 0 Å². The van der Waals surface area contributed by atoms with Crippen LogP contribution in [0.3, 0.4) is 0 Å². The van der Waals surface area contributed by atoms with Crippen LogP contribution in [0.15, 0.2) is 40.2 Å². The number of carbonyl (C=O) groups is 2. The Hall–Kier alpha value is -1.73. The highest BCUT2D eigenvalue weighted by atomic mass is 79.9. The predicted molar refractivity (Wildman–Crippen MR) is 73.4 cm³/mol. The molecule has 1 heterocycles. The van der Waals surface area contributed by atoms with E-state index < -0.39 is 17.6 Å². The molecule has 19 heavy (non-hydrogen) atoms. The van der Waals surface area contributed by atoms with Crippen molar-refractivity contribution in [2.45, 2.75) is 0 Å². The topological polar surface area (TPSA) is 58.2 Å². The van der Waals surface area contributed by atoms with Gasteiger partial charge in [0.05, 0.1) is 10.4 Å². The molecule has 0 aliphatic heterocycles. The molecule has 0 aliphatic carbocycles. The Bertz CT molecular complexity index is 616. The molecule has 7 heteroatoms. The van der Waals surface area contributed by atoms with Crippen LogP contribution in [0.2, 0.25) is 0 Å². The van der Waals surface area contributed by atoms with Crippen molar-refractivity contribution in [3.63, 3.8) is 0 Å². The number of rotatable bonds is 2. The van der Waals surface area contributed by atoms with Gasteiger partial charge in [-0.1, -0.05) is 6.07 Å². The normalized spacial score (nSPS) is 10.0. The molecule has 1 aromatic carbocycles. The molecule has 2 amide bonds. The molecule has 0 atom stereocenters. The van der Waals surface area contributed by atoms with Gasteiger partial charge in [-0.05, 0) is 45.6 Å². The van der Waals surface area contributed by atoms with Crippen molar-refractivity contribution in [2.24, 2.45) is 0 Å². The summed E-state index contributed by atoms with van der Waals surface area (Å²) < 4.78 is 13.2. The van der Waals surface area contributed by atoms with Gasteiger partial charge in [0.1, 0.15) is 5.82 Å². The van der Waals surface area contributed by atoms with Gasteiger partial charge in [0.15, 0.2) is 0 Å². The highest BCUT2D eigenvalue weighted by molar-refractivity contribution is 9.10. The number of amides is 2. The van der Waals surface area contributed by atoms with Crippen LogP contribution in [0, 0.1) is 5.82 Å². The van der Waals surface area contributed by atoms with Gasteiger partial charge in [-0.3, -0.25) is 20.4 Å². The fourth-order valence-corrected chi connectivity index (χ4v) is 2.47. The molecular formula is C12H8BrFN2O2S. The summed E-state index contributed by atoms with van der Waals surface area (Å²) >= 11 is 4.34. The van der Waals surface area contributed by atoms with Crippen molar-refractivity contribution in [1.29, 1.82) is 0 Å². The molecule has 0 spiro atoms. The standard InChI is InChI=1S/C12H8BrFN2O2S/c13-9-6-7(14)3-4-8(9)11(17)15-16-12(18)10-2-1-5-19-10/h1-6H,(H,15,17)(H,16,18). The van der Waals surface area contributed by atoms with Crippen molar-refractivity contribution < 1.29 is 14.0 Å². The van der Waals surface area contributed by atoms with Crippen LogP contribution in [0.1, 0.15) is 20.0 Å². The molecule has 0 aliphatic rings. The number of hydrogen-bond donors (Lipinski definition) is 2. The van der Waals surface area contributed by atoms with E-state index in [1.807, 2.05) is 0 Å². The average Bonchev–Trinajstić information content (AvgIpc) is 2.89. The third-order valence-electron chi connectivity index (χ3n) is 2.21. The number of hydrazine groups is 1. The second kappa shape index (κ2) is 5.94. The molecule has 0 saturated heterocycles. The van der Waals surface area contributed by atoms with E-state index in [-0.39, 0.29) is 5.56 Å². The maximum atomic E-state index is 12.9. The van der Waals surface area contributed by atoms with E-state index in [9.17, 15) is 14.0 Å². The number of thiophene rings is 1. The zero-order valence-electron chi connectivity index (χ0n) is 9.44. The molecule has 98 valence electrons. The minimum atomic E-state index is -0.531. The largest absolute Gasteiger partial charge is 0.279 e. The Morgan fingerprint density at radius 3 is 2.53 bits per heavy atom. The van der Waals surface area contributed by atoms with E-state index in [0.717, 1.165) is 0 Å². The summed E-state index contributed by atoms with van der Waals surface area (Å²) in [6.07, 6.45) is 0. The van der Waals surface area contributed by atoms with E-state index >= 15 is 0 Å². The van der Waals surface area contributed by atoms with Crippen molar-refractivity contribution in [3.05, 3.63) is 56.4 Å². The quantitative estimate of drug-likeness (QED) is 0.824. The Morgan fingerprint density at radius 2 is 1.89 bits per heavy atom. The highest BCUT2D eigenvalue weighted by Gasteiger charge is 2.12. The molecular weight excluding hydrogens is 335 g/mol. The van der Waals surface area contributed by atoms with E-state index in [2.05, 4.69) is 26.8 Å². The Morgan fingerprint density at radius 1 is 1.16 bits per heavy atom. The zero-order valence-corrected chi connectivity index (χ0v) is 11.8. The smallest absolute Gasteiger partial charge is 0.267 e. The maximum absolute atomic E-state index is 12.9. The second-order valence-electron chi connectivity index (χ2n) is 3.51. The van der Waals surface area contributed by atoms with Crippen LogP contribution in [0.25, 0.3) is 0 Å². The third kappa shape index (κ3) is 3.39. The summed E-state index contributed by atoms with van der Waals surface area (Å²) in [5.41, 5.74) is 4.78. The third-order valence-corrected chi connectivity index (χ3v) is 3.74. The molecule has 0 unspecified atom stereocenters. The number of carbonyl (C=O) groups excluding carboxylic acids is 2. The summed E-state index contributed by atoms with van der Waals surface area (Å²) in [5.74, 6) is -1.38. The van der Waals surface area contributed by atoms with Crippen LogP contribution in [0.4, 0.5) is 4.39 Å². The van der Waals surface area contributed by atoms with Gasteiger partial charge in [0, 0.05) is 4.47 Å². The Balaban J connectivity index is 2.00. The van der Waals surface area contributed by atoms with Gasteiger partial charge < -0.3 is 0 Å². The number of hydrogen-bond acceptors (Lipinski definition) is 3. The number of nitrogens with one attached hydrogen (secondary N) is 2. The number of benzene rings is 1. The molecule has 0 saturated carbocycles. The molecule has 2 rings (SSSR count). The first-order chi connectivity index (χ1) is 9.08. The van der Waals surface area contributed by atoms with Gasteiger partial charge in [-0.25, -0.2) is 4.39 Å². The molecule has 0 bridgehead atoms. The van der Waals surface area contributed by atoms with Crippen molar-refractivity contribution >= 4 is 39.1 Å². The van der Waals surface area contributed by atoms with Gasteiger partial charge >= 0.3 is 0 Å². The van der Waals surface area contributed by atoms with Crippen molar-refractivity contribution in [1.82, 2.24) is 10.9 Å². The monoisotopic (exact) mass is 342 g/mol. The van der Waals surface area contributed by atoms with Gasteiger partial charge in [0.25, 0.3) is 11.8 Å². The Kier molecular flexibility index (Phi) is 4.28. The lowest BCUT2D eigenvalue weighted by Gasteiger charge is -2.07. The summed E-state index contributed by atoms with van der Waals surface area (Å²) in [5, 5.41) is 1.76. The summed E-state index contributed by atoms with van der Waals surface area (Å²) in [6.45, 7) is 0. The van der Waals surface area contributed by atoms with Crippen LogP contribution >= 0.6 is 27.3 Å². The molecule has 4 nitrogen and oxygen atoms in total. The minimum Gasteiger partial charge on any atom is -0.267 e. The van der Waals surface area contributed by atoms with Crippen LogP contribution < -0.4 is 10.9 Å². The predicted octanol–water partition coefficient (Wildman–Crippen LogP) is 2.72. The summed E-state index contributed by atoms with van der Waals surface area (Å²) in [4.78, 5) is 23.9. The summed E-state index contributed by atoms with van der Waals surface area (Å²) in [7, 11) is 0. The molecule has 0 fully saturated rings. The van der Waals surface area contributed by atoms with Crippen LogP contribution in [-0.4, -0.2) is 11.8 Å². The van der Waals surface area contributed by atoms with Crippen molar-refractivity contribution in [2.75, 3.05) is 0 Å². The SMILES string of the molecule is O=C(NNC(=O)c1ccc(F)cc1Br)c1cccs1. The fraction of sp³-hybridized carbons (Fsp3) is 0. The second-order valence-corrected chi connectivity index (χ2v) is 5.31. The van der Waals surface area contributed by atoms with Crippen molar-refractivity contribution in [3.8, 4) is 0 Å². The van der Waals surface area contributed by atoms with E-state index in [1.165, 1.54) is 29.5 Å². The van der Waals surface area contributed by atoms with Gasteiger partial charge in [0.2, 0.25) is 0 Å². The maximum Gasteiger partial charge on any atom is 0.279 e.